The maximum atomic E-state index is 5.09. The first kappa shape index (κ1) is 26.1. The summed E-state index contributed by atoms with van der Waals surface area (Å²) in [5.41, 5.74) is 1.33. The first-order valence-corrected chi connectivity index (χ1v) is 9.43. The monoisotopic (exact) mass is 491 g/mol. The maximum absolute atomic E-state index is 5.09. The lowest BCUT2D eigenvalue weighted by Gasteiger charge is -2.26. The fourth-order valence-corrected chi connectivity index (χ4v) is 2.60. The van der Waals surface area contributed by atoms with Crippen molar-refractivity contribution in [2.75, 3.05) is 61.0 Å². The molecule has 1 unspecified atom stereocenters. The summed E-state index contributed by atoms with van der Waals surface area (Å²) in [6.45, 7) is 7.74. The molecule has 0 aromatic heterocycles. The molecule has 0 spiro atoms. The van der Waals surface area contributed by atoms with Crippen molar-refractivity contribution >= 4 is 29.9 Å². The van der Waals surface area contributed by atoms with E-state index in [-0.39, 0.29) is 24.0 Å². The van der Waals surface area contributed by atoms with Crippen molar-refractivity contribution in [1.82, 2.24) is 20.4 Å². The Kier molecular flexibility index (Phi) is 15.6. The first-order valence-electron chi connectivity index (χ1n) is 9.43. The SMILES string of the molecule is CN=C(NCCN(C)CCCOC)NCC(C)N(C)Cc1ccccc1.I. The van der Waals surface area contributed by atoms with E-state index in [2.05, 4.69) is 76.8 Å². The zero-order chi connectivity index (χ0) is 19.2. The fraction of sp³-hybridized carbons (Fsp3) is 0.650. The van der Waals surface area contributed by atoms with E-state index in [1.165, 1.54) is 5.56 Å². The zero-order valence-electron chi connectivity index (χ0n) is 17.6. The molecular weight excluding hydrogens is 453 g/mol. The lowest BCUT2D eigenvalue weighted by Crippen LogP contribution is -2.46. The number of rotatable bonds is 12. The second kappa shape index (κ2) is 16.1. The number of aliphatic imine (C=N–C) groups is 1. The molecule has 0 saturated heterocycles. The molecule has 0 aliphatic rings. The number of halogens is 1. The Morgan fingerprint density at radius 1 is 1.15 bits per heavy atom. The third-order valence-electron chi connectivity index (χ3n) is 4.49. The van der Waals surface area contributed by atoms with Gasteiger partial charge >= 0.3 is 0 Å². The van der Waals surface area contributed by atoms with E-state index in [1.54, 1.807) is 7.11 Å². The van der Waals surface area contributed by atoms with Gasteiger partial charge in [0.1, 0.15) is 0 Å². The van der Waals surface area contributed by atoms with E-state index in [1.807, 2.05) is 7.05 Å². The standard InChI is InChI=1S/C20H37N5O.HI/c1-18(25(4)17-19-10-7-6-8-11-19)16-23-20(21-2)22-12-14-24(3)13-9-15-26-5;/h6-8,10-11,18H,9,12-17H2,1-5H3,(H2,21,22,23);1H. The van der Waals surface area contributed by atoms with Crippen LogP contribution >= 0.6 is 24.0 Å². The summed E-state index contributed by atoms with van der Waals surface area (Å²) in [6.07, 6.45) is 1.06. The van der Waals surface area contributed by atoms with Gasteiger partial charge in [0.25, 0.3) is 0 Å². The molecule has 1 aromatic rings. The quantitative estimate of drug-likeness (QED) is 0.203. The molecule has 1 rings (SSSR count). The van der Waals surface area contributed by atoms with E-state index in [0.29, 0.717) is 6.04 Å². The minimum absolute atomic E-state index is 0. The van der Waals surface area contributed by atoms with Gasteiger partial charge in [0, 0.05) is 59.5 Å². The van der Waals surface area contributed by atoms with Crippen molar-refractivity contribution < 1.29 is 4.74 Å². The summed E-state index contributed by atoms with van der Waals surface area (Å²) in [5, 5.41) is 6.80. The average Bonchev–Trinajstić information content (AvgIpc) is 2.65. The van der Waals surface area contributed by atoms with Crippen LogP contribution in [0, 0.1) is 0 Å². The Hall–Kier alpha value is -0.900. The average molecular weight is 491 g/mol. The molecule has 0 bridgehead atoms. The molecule has 0 heterocycles. The van der Waals surface area contributed by atoms with Gasteiger partial charge in [-0.05, 0) is 33.0 Å². The molecule has 0 aliphatic heterocycles. The van der Waals surface area contributed by atoms with Crippen molar-refractivity contribution in [3.8, 4) is 0 Å². The Balaban J connectivity index is 0.00000676. The Morgan fingerprint density at radius 3 is 2.48 bits per heavy atom. The van der Waals surface area contributed by atoms with E-state index < -0.39 is 0 Å². The Morgan fingerprint density at radius 2 is 1.85 bits per heavy atom. The van der Waals surface area contributed by atoms with Gasteiger partial charge in [0.15, 0.2) is 5.96 Å². The molecule has 0 saturated carbocycles. The largest absolute Gasteiger partial charge is 0.385 e. The van der Waals surface area contributed by atoms with Crippen LogP contribution in [0.4, 0.5) is 0 Å². The van der Waals surface area contributed by atoms with Crippen LogP contribution in [0.15, 0.2) is 35.3 Å². The molecule has 0 fully saturated rings. The maximum Gasteiger partial charge on any atom is 0.191 e. The third kappa shape index (κ3) is 12.2. The van der Waals surface area contributed by atoms with Crippen molar-refractivity contribution in [2.45, 2.75) is 25.9 Å². The minimum Gasteiger partial charge on any atom is -0.385 e. The predicted molar refractivity (Wildman–Crippen MR) is 126 cm³/mol. The smallest absolute Gasteiger partial charge is 0.191 e. The number of nitrogens with zero attached hydrogens (tertiary/aromatic N) is 3. The number of benzene rings is 1. The molecule has 0 aliphatic carbocycles. The van der Waals surface area contributed by atoms with Crippen molar-refractivity contribution in [1.29, 1.82) is 0 Å². The van der Waals surface area contributed by atoms with Crippen molar-refractivity contribution in [2.24, 2.45) is 4.99 Å². The molecule has 0 radical (unpaired) electrons. The van der Waals surface area contributed by atoms with E-state index >= 15 is 0 Å². The van der Waals surface area contributed by atoms with Gasteiger partial charge in [0.05, 0.1) is 0 Å². The van der Waals surface area contributed by atoms with Gasteiger partial charge in [-0.3, -0.25) is 9.89 Å². The lowest BCUT2D eigenvalue weighted by atomic mass is 10.2. The van der Waals surface area contributed by atoms with Crippen LogP contribution in [-0.4, -0.2) is 82.8 Å². The number of hydrogen-bond acceptors (Lipinski definition) is 4. The highest BCUT2D eigenvalue weighted by Gasteiger charge is 2.10. The second-order valence-corrected chi connectivity index (χ2v) is 6.78. The first-order chi connectivity index (χ1) is 12.6. The van der Waals surface area contributed by atoms with Gasteiger partial charge < -0.3 is 20.3 Å². The fourth-order valence-electron chi connectivity index (χ4n) is 2.60. The summed E-state index contributed by atoms with van der Waals surface area (Å²) in [6, 6.07) is 11.0. The summed E-state index contributed by atoms with van der Waals surface area (Å²) in [5.74, 6) is 0.857. The molecule has 27 heavy (non-hydrogen) atoms. The van der Waals surface area contributed by atoms with E-state index in [9.17, 15) is 0 Å². The summed E-state index contributed by atoms with van der Waals surface area (Å²) < 4.78 is 5.09. The predicted octanol–water partition coefficient (Wildman–Crippen LogP) is 2.26. The van der Waals surface area contributed by atoms with Crippen LogP contribution in [0.2, 0.25) is 0 Å². The van der Waals surface area contributed by atoms with Gasteiger partial charge in [-0.2, -0.15) is 0 Å². The number of likely N-dealkylation sites (N-methyl/N-ethyl adjacent to an activating group) is 2. The second-order valence-electron chi connectivity index (χ2n) is 6.78. The number of methoxy groups -OCH3 is 1. The van der Waals surface area contributed by atoms with Gasteiger partial charge in [-0.25, -0.2) is 0 Å². The van der Waals surface area contributed by atoms with Crippen LogP contribution in [-0.2, 0) is 11.3 Å². The van der Waals surface area contributed by atoms with Crippen molar-refractivity contribution in [3.05, 3.63) is 35.9 Å². The van der Waals surface area contributed by atoms with Crippen LogP contribution in [0.1, 0.15) is 18.9 Å². The molecule has 7 heteroatoms. The molecule has 6 nitrogen and oxygen atoms in total. The molecule has 156 valence electrons. The van der Waals surface area contributed by atoms with Crippen LogP contribution in [0.25, 0.3) is 0 Å². The minimum atomic E-state index is 0. The molecule has 0 amide bonds. The van der Waals surface area contributed by atoms with Gasteiger partial charge in [-0.15, -0.1) is 24.0 Å². The summed E-state index contributed by atoms with van der Waals surface area (Å²) in [4.78, 5) is 8.96. The normalized spacial score (nSPS) is 12.8. The van der Waals surface area contributed by atoms with E-state index in [0.717, 1.165) is 51.7 Å². The van der Waals surface area contributed by atoms with Crippen molar-refractivity contribution in [3.63, 3.8) is 0 Å². The number of nitrogens with one attached hydrogen (secondary N) is 2. The van der Waals surface area contributed by atoms with Gasteiger partial charge in [-0.1, -0.05) is 30.3 Å². The molecule has 1 atom stereocenters. The molecule has 2 N–H and O–H groups in total. The Labute approximate surface area is 182 Å². The molecular formula is C20H38IN5O. The van der Waals surface area contributed by atoms with Crippen LogP contribution in [0.5, 0.6) is 0 Å². The van der Waals surface area contributed by atoms with Crippen LogP contribution in [0.3, 0.4) is 0 Å². The van der Waals surface area contributed by atoms with Crippen LogP contribution < -0.4 is 10.6 Å². The van der Waals surface area contributed by atoms with Gasteiger partial charge in [0.2, 0.25) is 0 Å². The topological polar surface area (TPSA) is 52.1 Å². The highest BCUT2D eigenvalue weighted by atomic mass is 127. The summed E-state index contributed by atoms with van der Waals surface area (Å²) >= 11 is 0. The van der Waals surface area contributed by atoms with E-state index in [4.69, 9.17) is 4.74 Å². The molecule has 1 aromatic carbocycles. The third-order valence-corrected chi connectivity index (χ3v) is 4.49. The highest BCUT2D eigenvalue weighted by Crippen LogP contribution is 2.05. The highest BCUT2D eigenvalue weighted by molar-refractivity contribution is 14.0. The zero-order valence-corrected chi connectivity index (χ0v) is 19.9. The number of guanidine groups is 1. The Bertz CT molecular complexity index is 500. The summed E-state index contributed by atoms with van der Waals surface area (Å²) in [7, 11) is 7.85. The lowest BCUT2D eigenvalue weighted by molar-refractivity contribution is 0.180. The number of hydrogen-bond donors (Lipinski definition) is 2. The number of ether oxygens (including phenoxy) is 1.